The van der Waals surface area contributed by atoms with Gasteiger partial charge in [-0.15, -0.1) is 0 Å². The Morgan fingerprint density at radius 1 is 0.464 bits per heavy atom. The molecular weight excluding hydrogens is 344 g/mol. The molecule has 28 heavy (non-hydrogen) atoms. The van der Waals surface area contributed by atoms with Crippen LogP contribution in [0.25, 0.3) is 0 Å². The SMILES string of the molecule is CC(C)(C)c1cccc(Oc2ccc(Oc3cccc(C(C)(C)C)c3)cc2)c1. The molecule has 0 atom stereocenters. The van der Waals surface area contributed by atoms with Crippen LogP contribution in [0.3, 0.4) is 0 Å². The predicted octanol–water partition coefficient (Wildman–Crippen LogP) is 7.87. The van der Waals surface area contributed by atoms with Crippen molar-refractivity contribution in [3.63, 3.8) is 0 Å². The van der Waals surface area contributed by atoms with E-state index in [4.69, 9.17) is 9.47 Å². The number of rotatable bonds is 4. The first kappa shape index (κ1) is 20.0. The summed E-state index contributed by atoms with van der Waals surface area (Å²) >= 11 is 0. The van der Waals surface area contributed by atoms with E-state index in [-0.39, 0.29) is 10.8 Å². The molecule has 0 aliphatic rings. The molecule has 0 radical (unpaired) electrons. The van der Waals surface area contributed by atoms with Gasteiger partial charge in [0.25, 0.3) is 0 Å². The maximum absolute atomic E-state index is 6.03. The molecule has 0 heterocycles. The van der Waals surface area contributed by atoms with E-state index in [1.165, 1.54) is 11.1 Å². The molecule has 2 heteroatoms. The molecule has 0 spiro atoms. The van der Waals surface area contributed by atoms with Crippen LogP contribution in [-0.4, -0.2) is 0 Å². The maximum Gasteiger partial charge on any atom is 0.127 e. The molecule has 3 aromatic rings. The minimum absolute atomic E-state index is 0.0959. The summed E-state index contributed by atoms with van der Waals surface area (Å²) in [5, 5.41) is 0. The van der Waals surface area contributed by atoms with E-state index in [0.29, 0.717) is 0 Å². The van der Waals surface area contributed by atoms with Crippen LogP contribution >= 0.6 is 0 Å². The van der Waals surface area contributed by atoms with Gasteiger partial charge in [-0.25, -0.2) is 0 Å². The molecular formula is C26H30O2. The van der Waals surface area contributed by atoms with Crippen molar-refractivity contribution in [2.45, 2.75) is 52.4 Å². The van der Waals surface area contributed by atoms with Gasteiger partial charge in [0.05, 0.1) is 0 Å². The van der Waals surface area contributed by atoms with E-state index in [2.05, 4.69) is 65.8 Å². The Morgan fingerprint density at radius 3 is 1.14 bits per heavy atom. The summed E-state index contributed by atoms with van der Waals surface area (Å²) in [6.45, 7) is 13.2. The van der Waals surface area contributed by atoms with Crippen molar-refractivity contribution < 1.29 is 9.47 Å². The number of hydrogen-bond acceptors (Lipinski definition) is 2. The maximum atomic E-state index is 6.03. The number of benzene rings is 3. The van der Waals surface area contributed by atoms with Crippen molar-refractivity contribution >= 4 is 0 Å². The molecule has 0 amide bonds. The van der Waals surface area contributed by atoms with Crippen LogP contribution in [0.1, 0.15) is 52.7 Å². The van der Waals surface area contributed by atoms with Crippen LogP contribution < -0.4 is 9.47 Å². The molecule has 2 nitrogen and oxygen atoms in total. The quantitative estimate of drug-likeness (QED) is 0.462. The van der Waals surface area contributed by atoms with E-state index < -0.39 is 0 Å². The predicted molar refractivity (Wildman–Crippen MR) is 117 cm³/mol. The molecule has 0 aromatic heterocycles. The fraction of sp³-hybridized carbons (Fsp3) is 0.308. The summed E-state index contributed by atoms with van der Waals surface area (Å²) in [6, 6.07) is 24.3. The summed E-state index contributed by atoms with van der Waals surface area (Å²) in [4.78, 5) is 0. The molecule has 0 saturated heterocycles. The standard InChI is InChI=1S/C26H30O2/c1-25(2,3)19-9-7-11-23(17-19)27-21-13-15-22(16-14-21)28-24-12-8-10-20(18-24)26(4,5)6/h7-18H,1-6H3. The second kappa shape index (κ2) is 7.71. The van der Waals surface area contributed by atoms with Gasteiger partial charge in [-0.05, 0) is 70.5 Å². The summed E-state index contributed by atoms with van der Waals surface area (Å²) in [7, 11) is 0. The molecule has 0 unspecified atom stereocenters. The lowest BCUT2D eigenvalue weighted by Crippen LogP contribution is -2.10. The largest absolute Gasteiger partial charge is 0.457 e. The molecule has 3 rings (SSSR count). The van der Waals surface area contributed by atoms with Gasteiger partial charge in [-0.3, -0.25) is 0 Å². The van der Waals surface area contributed by atoms with Crippen molar-refractivity contribution in [1.82, 2.24) is 0 Å². The smallest absolute Gasteiger partial charge is 0.127 e. The van der Waals surface area contributed by atoms with E-state index in [1.54, 1.807) is 0 Å². The van der Waals surface area contributed by atoms with E-state index in [1.807, 2.05) is 48.5 Å². The van der Waals surface area contributed by atoms with Crippen molar-refractivity contribution in [3.8, 4) is 23.0 Å². The third-order valence-corrected chi connectivity index (χ3v) is 4.70. The van der Waals surface area contributed by atoms with E-state index >= 15 is 0 Å². The number of hydrogen-bond donors (Lipinski definition) is 0. The monoisotopic (exact) mass is 374 g/mol. The zero-order chi connectivity index (χ0) is 20.4. The Balaban J connectivity index is 1.71. The molecule has 3 aromatic carbocycles. The highest BCUT2D eigenvalue weighted by atomic mass is 16.5. The summed E-state index contributed by atoms with van der Waals surface area (Å²) in [6.07, 6.45) is 0. The Hall–Kier alpha value is -2.74. The van der Waals surface area contributed by atoms with Crippen molar-refractivity contribution in [2.75, 3.05) is 0 Å². The van der Waals surface area contributed by atoms with Gasteiger partial charge in [-0.2, -0.15) is 0 Å². The van der Waals surface area contributed by atoms with Gasteiger partial charge in [-0.1, -0.05) is 65.8 Å². The van der Waals surface area contributed by atoms with Gasteiger partial charge in [0.15, 0.2) is 0 Å². The fourth-order valence-electron chi connectivity index (χ4n) is 2.90. The van der Waals surface area contributed by atoms with Gasteiger partial charge >= 0.3 is 0 Å². The fourth-order valence-corrected chi connectivity index (χ4v) is 2.90. The Bertz CT molecular complexity index is 847. The summed E-state index contributed by atoms with van der Waals surface area (Å²) in [5.74, 6) is 3.28. The van der Waals surface area contributed by atoms with E-state index in [9.17, 15) is 0 Å². The molecule has 0 N–H and O–H groups in total. The lowest BCUT2D eigenvalue weighted by molar-refractivity contribution is 0.466. The van der Waals surface area contributed by atoms with Gasteiger partial charge in [0, 0.05) is 0 Å². The third-order valence-electron chi connectivity index (χ3n) is 4.70. The first-order valence-electron chi connectivity index (χ1n) is 9.78. The van der Waals surface area contributed by atoms with Crippen LogP contribution in [0.4, 0.5) is 0 Å². The van der Waals surface area contributed by atoms with Gasteiger partial charge in [0.2, 0.25) is 0 Å². The van der Waals surface area contributed by atoms with E-state index in [0.717, 1.165) is 23.0 Å². The normalized spacial score (nSPS) is 11.9. The van der Waals surface area contributed by atoms with Crippen LogP contribution in [0.2, 0.25) is 0 Å². The van der Waals surface area contributed by atoms with Crippen molar-refractivity contribution in [2.24, 2.45) is 0 Å². The average molecular weight is 375 g/mol. The lowest BCUT2D eigenvalue weighted by atomic mass is 9.87. The van der Waals surface area contributed by atoms with Crippen LogP contribution in [0, 0.1) is 0 Å². The van der Waals surface area contributed by atoms with Crippen molar-refractivity contribution in [3.05, 3.63) is 83.9 Å². The third kappa shape index (κ3) is 5.16. The Kier molecular flexibility index (Phi) is 5.51. The Morgan fingerprint density at radius 2 is 0.821 bits per heavy atom. The van der Waals surface area contributed by atoms with Gasteiger partial charge < -0.3 is 9.47 Å². The second-order valence-corrected chi connectivity index (χ2v) is 9.23. The Labute approximate surface area is 169 Å². The topological polar surface area (TPSA) is 18.5 Å². The zero-order valence-electron chi connectivity index (χ0n) is 17.7. The molecule has 0 aliphatic carbocycles. The number of ether oxygens (including phenoxy) is 2. The first-order valence-corrected chi connectivity index (χ1v) is 9.78. The average Bonchev–Trinajstić information content (AvgIpc) is 2.62. The molecule has 146 valence electrons. The van der Waals surface area contributed by atoms with Crippen molar-refractivity contribution in [1.29, 1.82) is 0 Å². The molecule has 0 aliphatic heterocycles. The highest BCUT2D eigenvalue weighted by Gasteiger charge is 2.15. The zero-order valence-corrected chi connectivity index (χ0v) is 17.7. The molecule has 0 saturated carbocycles. The highest BCUT2D eigenvalue weighted by molar-refractivity contribution is 5.40. The van der Waals surface area contributed by atoms with Crippen LogP contribution in [0.15, 0.2) is 72.8 Å². The van der Waals surface area contributed by atoms with Crippen LogP contribution in [-0.2, 0) is 10.8 Å². The van der Waals surface area contributed by atoms with Crippen LogP contribution in [0.5, 0.6) is 23.0 Å². The van der Waals surface area contributed by atoms with Gasteiger partial charge in [0.1, 0.15) is 23.0 Å². The second-order valence-electron chi connectivity index (χ2n) is 9.23. The highest BCUT2D eigenvalue weighted by Crippen LogP contribution is 2.31. The first-order chi connectivity index (χ1) is 13.1. The minimum atomic E-state index is 0.0959. The molecule has 0 fully saturated rings. The summed E-state index contributed by atoms with van der Waals surface area (Å²) in [5.41, 5.74) is 2.70. The lowest BCUT2D eigenvalue weighted by Gasteiger charge is -2.20. The minimum Gasteiger partial charge on any atom is -0.457 e. The summed E-state index contributed by atoms with van der Waals surface area (Å²) < 4.78 is 12.1. The molecule has 0 bridgehead atoms.